The second kappa shape index (κ2) is 27.4. The first kappa shape index (κ1) is 36.3. The predicted octanol–water partition coefficient (Wildman–Crippen LogP) is 13.1. The molecule has 0 bridgehead atoms. The van der Waals surface area contributed by atoms with Gasteiger partial charge in [0.25, 0.3) is 0 Å². The highest BCUT2D eigenvalue weighted by Gasteiger charge is 2.14. The maximum atomic E-state index is 6.27. The van der Waals surface area contributed by atoms with Crippen LogP contribution in [0, 0.1) is 7.14 Å². The van der Waals surface area contributed by atoms with Crippen molar-refractivity contribution < 1.29 is 9.47 Å². The molecule has 0 spiro atoms. The zero-order valence-corrected chi connectivity index (χ0v) is 29.4. The lowest BCUT2D eigenvalue weighted by Crippen LogP contribution is -2.05. The van der Waals surface area contributed by atoms with E-state index in [2.05, 4.69) is 71.2 Å². The molecule has 0 aromatic heterocycles. The molecule has 0 unspecified atom stereocenters. The van der Waals surface area contributed by atoms with Gasteiger partial charge < -0.3 is 9.47 Å². The van der Waals surface area contributed by atoms with Crippen LogP contribution in [0.25, 0.3) is 0 Å². The van der Waals surface area contributed by atoms with Crippen LogP contribution >= 0.6 is 45.2 Å². The fourth-order valence-corrected chi connectivity index (χ4v) is 6.18. The van der Waals surface area contributed by atoms with Gasteiger partial charge in [0.2, 0.25) is 0 Å². The third kappa shape index (κ3) is 20.2. The number of rotatable bonds is 28. The van der Waals surface area contributed by atoms with Gasteiger partial charge in [-0.2, -0.15) is 0 Å². The van der Waals surface area contributed by atoms with Crippen LogP contribution in [0.5, 0.6) is 11.5 Å². The molecule has 0 saturated heterocycles. The summed E-state index contributed by atoms with van der Waals surface area (Å²) in [7, 11) is 0. The molecule has 0 fully saturated rings. The Kier molecular flexibility index (Phi) is 26.2. The van der Waals surface area contributed by atoms with Gasteiger partial charge in [-0.25, -0.2) is 0 Å². The van der Waals surface area contributed by atoms with Crippen LogP contribution in [0.4, 0.5) is 0 Å². The monoisotopic (exact) mass is 754 g/mol. The summed E-state index contributed by atoms with van der Waals surface area (Å²) in [6, 6.07) is 4.30. The first-order valence-electron chi connectivity index (χ1n) is 16.4. The Labute approximate surface area is 264 Å². The fraction of sp³-hybridized carbons (Fsp3) is 0.824. The first-order chi connectivity index (χ1) is 18.7. The molecule has 0 heterocycles. The topological polar surface area (TPSA) is 18.5 Å². The number of halogens is 2. The van der Waals surface area contributed by atoms with Crippen molar-refractivity contribution in [1.82, 2.24) is 0 Å². The van der Waals surface area contributed by atoms with Gasteiger partial charge in [0.05, 0.1) is 20.4 Å². The van der Waals surface area contributed by atoms with Crippen molar-refractivity contribution in [1.29, 1.82) is 0 Å². The summed E-state index contributed by atoms with van der Waals surface area (Å²) >= 11 is 4.78. The second-order valence-electron chi connectivity index (χ2n) is 11.2. The van der Waals surface area contributed by atoms with Crippen molar-refractivity contribution in [2.45, 2.75) is 168 Å². The number of ether oxygens (including phenoxy) is 2. The van der Waals surface area contributed by atoms with Gasteiger partial charge in [-0.1, -0.05) is 155 Å². The van der Waals surface area contributed by atoms with E-state index in [1.54, 1.807) is 0 Å². The summed E-state index contributed by atoms with van der Waals surface area (Å²) in [5.41, 5.74) is 0. The number of benzene rings is 1. The molecule has 0 radical (unpaired) electrons. The van der Waals surface area contributed by atoms with Crippen molar-refractivity contribution in [3.63, 3.8) is 0 Å². The SMILES string of the molecule is CCCCCCCCCCCCCCOc1c(I)ccc(I)c1OCCCCCCCCCCCCCC. The third-order valence-electron chi connectivity index (χ3n) is 7.50. The summed E-state index contributed by atoms with van der Waals surface area (Å²) in [6.45, 7) is 6.17. The van der Waals surface area contributed by atoms with Crippen LogP contribution in [-0.4, -0.2) is 13.2 Å². The average Bonchev–Trinajstić information content (AvgIpc) is 2.92. The van der Waals surface area contributed by atoms with E-state index in [9.17, 15) is 0 Å². The molecular weight excluding hydrogens is 694 g/mol. The molecule has 4 heteroatoms. The zero-order chi connectivity index (χ0) is 27.5. The molecule has 2 nitrogen and oxygen atoms in total. The quantitative estimate of drug-likeness (QED) is 0.0627. The molecule has 0 aliphatic rings. The largest absolute Gasteiger partial charge is 0.489 e. The Morgan fingerprint density at radius 1 is 0.395 bits per heavy atom. The summed E-state index contributed by atoms with van der Waals surface area (Å²) in [4.78, 5) is 0. The number of hydrogen-bond donors (Lipinski definition) is 0. The maximum Gasteiger partial charge on any atom is 0.175 e. The molecule has 0 aliphatic carbocycles. The highest BCUT2D eigenvalue weighted by atomic mass is 127. The Bertz CT molecular complexity index is 595. The van der Waals surface area contributed by atoms with E-state index in [1.165, 1.54) is 141 Å². The lowest BCUT2D eigenvalue weighted by Gasteiger charge is -2.16. The first-order valence-corrected chi connectivity index (χ1v) is 18.6. The van der Waals surface area contributed by atoms with Crippen molar-refractivity contribution in [2.24, 2.45) is 0 Å². The van der Waals surface area contributed by atoms with Gasteiger partial charge in [0.1, 0.15) is 0 Å². The van der Waals surface area contributed by atoms with Gasteiger partial charge in [0.15, 0.2) is 11.5 Å². The lowest BCUT2D eigenvalue weighted by atomic mass is 10.1. The Morgan fingerprint density at radius 2 is 0.632 bits per heavy atom. The van der Waals surface area contributed by atoms with Crippen LogP contribution in [-0.2, 0) is 0 Å². The summed E-state index contributed by atoms with van der Waals surface area (Å²) < 4.78 is 14.9. The van der Waals surface area contributed by atoms with Gasteiger partial charge in [-0.3, -0.25) is 0 Å². The smallest absolute Gasteiger partial charge is 0.175 e. The Morgan fingerprint density at radius 3 is 0.895 bits per heavy atom. The van der Waals surface area contributed by atoms with E-state index in [1.807, 2.05) is 0 Å². The van der Waals surface area contributed by atoms with Crippen molar-refractivity contribution in [2.75, 3.05) is 13.2 Å². The Hall–Kier alpha value is 0.280. The van der Waals surface area contributed by atoms with Crippen LogP contribution in [0.15, 0.2) is 12.1 Å². The highest BCUT2D eigenvalue weighted by molar-refractivity contribution is 14.1. The number of hydrogen-bond acceptors (Lipinski definition) is 2. The second-order valence-corrected chi connectivity index (χ2v) is 13.5. The molecule has 1 aromatic rings. The molecule has 0 saturated carbocycles. The van der Waals surface area contributed by atoms with Gasteiger partial charge in [-0.15, -0.1) is 0 Å². The van der Waals surface area contributed by atoms with Gasteiger partial charge >= 0.3 is 0 Å². The van der Waals surface area contributed by atoms with E-state index in [4.69, 9.17) is 9.47 Å². The zero-order valence-electron chi connectivity index (χ0n) is 25.1. The molecule has 1 rings (SSSR count). The van der Waals surface area contributed by atoms with Crippen LogP contribution in [0.2, 0.25) is 0 Å². The lowest BCUT2D eigenvalue weighted by molar-refractivity contribution is 0.255. The number of unbranched alkanes of at least 4 members (excludes halogenated alkanes) is 22. The minimum atomic E-state index is 0.794. The minimum Gasteiger partial charge on any atom is -0.489 e. The molecular formula is C34H60I2O2. The van der Waals surface area contributed by atoms with Gasteiger partial charge in [0, 0.05) is 0 Å². The highest BCUT2D eigenvalue weighted by Crippen LogP contribution is 2.37. The van der Waals surface area contributed by atoms with E-state index in [-0.39, 0.29) is 0 Å². The van der Waals surface area contributed by atoms with Crippen molar-refractivity contribution >= 4 is 45.2 Å². The average molecular weight is 755 g/mol. The van der Waals surface area contributed by atoms with Crippen molar-refractivity contribution in [3.8, 4) is 11.5 Å². The van der Waals surface area contributed by atoms with E-state index >= 15 is 0 Å². The maximum absolute atomic E-state index is 6.27. The normalized spacial score (nSPS) is 11.3. The van der Waals surface area contributed by atoms with E-state index < -0.39 is 0 Å². The summed E-state index contributed by atoms with van der Waals surface area (Å²) in [5, 5.41) is 0. The Balaban J connectivity index is 2.10. The predicted molar refractivity (Wildman–Crippen MR) is 185 cm³/mol. The van der Waals surface area contributed by atoms with Crippen LogP contribution in [0.3, 0.4) is 0 Å². The molecule has 1 aromatic carbocycles. The van der Waals surface area contributed by atoms with Gasteiger partial charge in [-0.05, 0) is 70.2 Å². The third-order valence-corrected chi connectivity index (χ3v) is 9.20. The minimum absolute atomic E-state index is 0.794. The summed E-state index contributed by atoms with van der Waals surface area (Å²) in [5.74, 6) is 1.92. The molecule has 0 aliphatic heterocycles. The van der Waals surface area contributed by atoms with Crippen LogP contribution < -0.4 is 9.47 Å². The standard InChI is InChI=1S/C34H60I2O2/c1-3-5-7-9-11-13-15-17-19-21-23-25-29-37-33-31(35)27-28-32(36)34(33)38-30-26-24-22-20-18-16-14-12-10-8-6-4-2/h27-28H,3-26,29-30H2,1-2H3. The molecule has 0 atom stereocenters. The van der Waals surface area contributed by atoms with E-state index in [0.29, 0.717) is 0 Å². The molecule has 38 heavy (non-hydrogen) atoms. The molecule has 0 N–H and O–H groups in total. The van der Waals surface area contributed by atoms with Crippen LogP contribution in [0.1, 0.15) is 168 Å². The molecule has 0 amide bonds. The van der Waals surface area contributed by atoms with E-state index in [0.717, 1.165) is 44.7 Å². The van der Waals surface area contributed by atoms with Crippen molar-refractivity contribution in [3.05, 3.63) is 19.3 Å². The fourth-order valence-electron chi connectivity index (χ4n) is 5.02. The summed E-state index contributed by atoms with van der Waals surface area (Å²) in [6.07, 6.45) is 32.9. The molecule has 222 valence electrons.